The molecule has 0 saturated carbocycles. The van der Waals surface area contributed by atoms with Gasteiger partial charge in [0, 0.05) is 0 Å². The zero-order chi connectivity index (χ0) is 17.3. The number of fused-ring (bicyclic) bond motifs is 1. The van der Waals surface area contributed by atoms with Crippen molar-refractivity contribution in [2.45, 2.75) is 96.3 Å². The van der Waals surface area contributed by atoms with Crippen LogP contribution in [0.15, 0.2) is 18.2 Å². The minimum atomic E-state index is -0.309. The lowest BCUT2D eigenvalue weighted by atomic mass is 9.61. The van der Waals surface area contributed by atoms with Crippen LogP contribution in [0.1, 0.15) is 96.8 Å². The van der Waals surface area contributed by atoms with Gasteiger partial charge in [-0.25, -0.2) is 0 Å². The number of hydrogen-bond donors (Lipinski definition) is 0. The van der Waals surface area contributed by atoms with Gasteiger partial charge in [0.05, 0.1) is 11.5 Å². The first kappa shape index (κ1) is 18.1. The van der Waals surface area contributed by atoms with E-state index < -0.39 is 0 Å². The van der Waals surface area contributed by atoms with Gasteiger partial charge in [-0.2, -0.15) is 5.26 Å². The Kier molecular flexibility index (Phi) is 4.95. The van der Waals surface area contributed by atoms with E-state index in [2.05, 4.69) is 65.8 Å². The molecule has 0 radical (unpaired) electrons. The molecule has 1 heteroatoms. The molecule has 0 bridgehead atoms. The molecule has 0 aliphatic heterocycles. The highest BCUT2D eigenvalue weighted by Crippen LogP contribution is 2.47. The molecule has 0 amide bonds. The van der Waals surface area contributed by atoms with Crippen molar-refractivity contribution in [3.63, 3.8) is 0 Å². The van der Waals surface area contributed by atoms with E-state index in [1.54, 1.807) is 0 Å². The van der Waals surface area contributed by atoms with Gasteiger partial charge in [0.15, 0.2) is 0 Å². The van der Waals surface area contributed by atoms with Crippen LogP contribution < -0.4 is 0 Å². The lowest BCUT2D eigenvalue weighted by Crippen LogP contribution is -2.35. The highest BCUT2D eigenvalue weighted by atomic mass is 14.4. The molecule has 1 nitrogen and oxygen atoms in total. The van der Waals surface area contributed by atoms with Crippen LogP contribution in [0.25, 0.3) is 0 Å². The third-order valence-electron chi connectivity index (χ3n) is 5.97. The Bertz CT molecular complexity index is 595. The summed E-state index contributed by atoms with van der Waals surface area (Å²) < 4.78 is 0. The number of benzene rings is 1. The van der Waals surface area contributed by atoms with Crippen LogP contribution in [-0.4, -0.2) is 0 Å². The quantitative estimate of drug-likeness (QED) is 0.617. The Morgan fingerprint density at radius 2 is 1.48 bits per heavy atom. The molecule has 0 heterocycles. The third-order valence-corrected chi connectivity index (χ3v) is 5.97. The lowest BCUT2D eigenvalue weighted by molar-refractivity contribution is 0.330. The summed E-state index contributed by atoms with van der Waals surface area (Å²) in [5, 5.41) is 9.98. The molecule has 1 aliphatic carbocycles. The van der Waals surface area contributed by atoms with E-state index in [0.29, 0.717) is 0 Å². The molecule has 0 fully saturated rings. The summed E-state index contributed by atoms with van der Waals surface area (Å²) in [5.74, 6) is 0. The normalized spacial score (nSPS) is 19.0. The molecule has 0 spiro atoms. The van der Waals surface area contributed by atoms with E-state index in [-0.39, 0.29) is 16.2 Å². The van der Waals surface area contributed by atoms with Gasteiger partial charge in [-0.3, -0.25) is 0 Å². The lowest BCUT2D eigenvalue weighted by Gasteiger charge is -2.42. The summed E-state index contributed by atoms with van der Waals surface area (Å²) in [6.45, 7) is 13.8. The molecule has 126 valence electrons. The van der Waals surface area contributed by atoms with Gasteiger partial charge in [-0.05, 0) is 53.2 Å². The fourth-order valence-corrected chi connectivity index (χ4v) is 4.33. The highest BCUT2D eigenvalue weighted by molar-refractivity contribution is 5.47. The maximum atomic E-state index is 9.98. The molecule has 0 saturated heterocycles. The highest BCUT2D eigenvalue weighted by Gasteiger charge is 2.39. The Balaban J connectivity index is 2.61. The summed E-state index contributed by atoms with van der Waals surface area (Å²) in [5.41, 5.74) is 4.34. The van der Waals surface area contributed by atoms with E-state index in [4.69, 9.17) is 0 Å². The fraction of sp³-hybridized carbons (Fsp3) is 0.682. The van der Waals surface area contributed by atoms with Crippen molar-refractivity contribution in [2.75, 3.05) is 0 Å². The van der Waals surface area contributed by atoms with Gasteiger partial charge in [0.1, 0.15) is 0 Å². The number of hydrogen-bond acceptors (Lipinski definition) is 1. The molecule has 2 rings (SSSR count). The Morgan fingerprint density at radius 3 is 1.96 bits per heavy atom. The van der Waals surface area contributed by atoms with Crippen LogP contribution >= 0.6 is 0 Å². The average Bonchev–Trinajstić information content (AvgIpc) is 2.51. The van der Waals surface area contributed by atoms with Crippen LogP contribution in [0.3, 0.4) is 0 Å². The molecule has 0 unspecified atom stereocenters. The summed E-state index contributed by atoms with van der Waals surface area (Å²) in [4.78, 5) is 0. The van der Waals surface area contributed by atoms with Gasteiger partial charge in [0.25, 0.3) is 0 Å². The van der Waals surface area contributed by atoms with Crippen molar-refractivity contribution in [3.05, 3.63) is 34.9 Å². The van der Waals surface area contributed by atoms with E-state index in [9.17, 15) is 5.26 Å². The van der Waals surface area contributed by atoms with E-state index in [1.807, 2.05) is 0 Å². The molecule has 0 atom stereocenters. The number of rotatable bonds is 5. The second-order valence-corrected chi connectivity index (χ2v) is 8.72. The smallest absolute Gasteiger partial charge is 0.0822 e. The minimum Gasteiger partial charge on any atom is -0.197 e. The zero-order valence-corrected chi connectivity index (χ0v) is 15.9. The van der Waals surface area contributed by atoms with Gasteiger partial charge in [-0.1, -0.05) is 72.6 Å². The fourth-order valence-electron chi connectivity index (χ4n) is 4.33. The maximum Gasteiger partial charge on any atom is 0.0822 e. The van der Waals surface area contributed by atoms with Crippen LogP contribution in [-0.2, 0) is 16.2 Å². The number of nitrogens with zero attached hydrogens (tertiary/aromatic N) is 1. The first-order chi connectivity index (χ1) is 10.7. The van der Waals surface area contributed by atoms with E-state index >= 15 is 0 Å². The summed E-state index contributed by atoms with van der Waals surface area (Å²) in [6.07, 6.45) is 6.48. The molecule has 1 aromatic carbocycles. The Morgan fingerprint density at radius 1 is 0.957 bits per heavy atom. The van der Waals surface area contributed by atoms with Crippen molar-refractivity contribution < 1.29 is 0 Å². The standard InChI is InChI=1S/C22H33N/c1-7-11-22(16-23,12-8-2)17-9-10-18-19(15-17)21(5,6)14-13-20(18,3)4/h9-10,15H,7-8,11-14H2,1-6H3. The second kappa shape index (κ2) is 6.31. The van der Waals surface area contributed by atoms with Crippen molar-refractivity contribution in [2.24, 2.45) is 0 Å². The molecule has 1 aromatic rings. The molecular formula is C22H33N. The molecule has 0 N–H and O–H groups in total. The molecule has 1 aliphatic rings. The number of nitriles is 1. The van der Waals surface area contributed by atoms with Crippen molar-refractivity contribution >= 4 is 0 Å². The Hall–Kier alpha value is -1.29. The van der Waals surface area contributed by atoms with Crippen LogP contribution in [0.4, 0.5) is 0 Å². The SMILES string of the molecule is CCCC(C#N)(CCC)c1ccc2c(c1)C(C)(C)CCC2(C)C. The van der Waals surface area contributed by atoms with Crippen molar-refractivity contribution in [1.29, 1.82) is 5.26 Å². The summed E-state index contributed by atoms with van der Waals surface area (Å²) in [7, 11) is 0. The first-order valence-electron chi connectivity index (χ1n) is 9.29. The predicted octanol–water partition coefficient (Wildman–Crippen LogP) is 6.40. The second-order valence-electron chi connectivity index (χ2n) is 8.72. The maximum absolute atomic E-state index is 9.98. The van der Waals surface area contributed by atoms with Gasteiger partial charge in [-0.15, -0.1) is 0 Å². The Labute approximate surface area is 143 Å². The molecular weight excluding hydrogens is 278 g/mol. The average molecular weight is 312 g/mol. The summed E-state index contributed by atoms with van der Waals surface area (Å²) in [6, 6.07) is 9.64. The van der Waals surface area contributed by atoms with E-state index in [1.165, 1.54) is 29.5 Å². The van der Waals surface area contributed by atoms with Crippen molar-refractivity contribution in [3.8, 4) is 6.07 Å². The van der Waals surface area contributed by atoms with Crippen LogP contribution in [0, 0.1) is 11.3 Å². The minimum absolute atomic E-state index is 0.209. The van der Waals surface area contributed by atoms with Gasteiger partial charge in [0.2, 0.25) is 0 Å². The third kappa shape index (κ3) is 3.18. The van der Waals surface area contributed by atoms with Gasteiger partial charge < -0.3 is 0 Å². The summed E-state index contributed by atoms with van der Waals surface area (Å²) >= 11 is 0. The van der Waals surface area contributed by atoms with Crippen LogP contribution in [0.5, 0.6) is 0 Å². The monoisotopic (exact) mass is 311 g/mol. The van der Waals surface area contributed by atoms with Gasteiger partial charge >= 0.3 is 0 Å². The zero-order valence-electron chi connectivity index (χ0n) is 15.9. The largest absolute Gasteiger partial charge is 0.197 e. The van der Waals surface area contributed by atoms with Crippen molar-refractivity contribution in [1.82, 2.24) is 0 Å². The van der Waals surface area contributed by atoms with Crippen LogP contribution in [0.2, 0.25) is 0 Å². The predicted molar refractivity (Wildman–Crippen MR) is 98.8 cm³/mol. The molecule has 0 aromatic heterocycles. The topological polar surface area (TPSA) is 23.8 Å². The first-order valence-corrected chi connectivity index (χ1v) is 9.29. The van der Waals surface area contributed by atoms with E-state index in [0.717, 1.165) is 25.7 Å². The molecule has 23 heavy (non-hydrogen) atoms.